The van der Waals surface area contributed by atoms with Gasteiger partial charge in [0, 0.05) is 0 Å². The Labute approximate surface area is 131 Å². The Balaban J connectivity index is 1.34. The van der Waals surface area contributed by atoms with E-state index in [-0.39, 0.29) is 6.10 Å². The second-order valence-corrected chi connectivity index (χ2v) is 10.2. The van der Waals surface area contributed by atoms with Crippen LogP contribution in [0.3, 0.4) is 0 Å². The lowest BCUT2D eigenvalue weighted by molar-refractivity contribution is 0.0298. The van der Waals surface area contributed by atoms with E-state index in [0.29, 0.717) is 41.8 Å². The molecule has 22 heavy (non-hydrogen) atoms. The van der Waals surface area contributed by atoms with Crippen LogP contribution in [0.15, 0.2) is 12.2 Å². The van der Waals surface area contributed by atoms with Gasteiger partial charge in [-0.3, -0.25) is 4.18 Å². The van der Waals surface area contributed by atoms with Crippen molar-refractivity contribution in [3.8, 4) is 0 Å². The Morgan fingerprint density at radius 1 is 0.955 bits per heavy atom. The van der Waals surface area contributed by atoms with Crippen LogP contribution in [-0.2, 0) is 19.0 Å². The lowest BCUT2D eigenvalue weighted by Gasteiger charge is -2.42. The molecule has 0 radical (unpaired) electrons. The van der Waals surface area contributed by atoms with Gasteiger partial charge in [-0.15, -0.1) is 0 Å². The highest BCUT2D eigenvalue weighted by atomic mass is 32.2. The van der Waals surface area contributed by atoms with Crippen molar-refractivity contribution in [3.05, 3.63) is 12.2 Å². The Morgan fingerprint density at radius 2 is 1.64 bits per heavy atom. The molecule has 0 amide bonds. The third-order valence-corrected chi connectivity index (χ3v) is 8.38. The summed E-state index contributed by atoms with van der Waals surface area (Å²) in [5, 5.41) is 0. The van der Waals surface area contributed by atoms with Gasteiger partial charge in [0.15, 0.2) is 0 Å². The van der Waals surface area contributed by atoms with Gasteiger partial charge in [0.1, 0.15) is 0 Å². The molecule has 4 aliphatic carbocycles. The zero-order chi connectivity index (χ0) is 14.8. The van der Waals surface area contributed by atoms with Crippen molar-refractivity contribution in [2.75, 3.05) is 6.26 Å². The van der Waals surface area contributed by atoms with Crippen molar-refractivity contribution in [2.45, 2.75) is 37.6 Å². The molecule has 0 aromatic carbocycles. The highest BCUT2D eigenvalue weighted by Gasteiger charge is 2.72. The summed E-state index contributed by atoms with van der Waals surface area (Å²) in [5.41, 5.74) is 0. The number of hydrogen-bond donors (Lipinski definition) is 0. The summed E-state index contributed by atoms with van der Waals surface area (Å²) >= 11 is 0. The first-order valence-corrected chi connectivity index (χ1v) is 10.5. The van der Waals surface area contributed by atoms with Crippen molar-refractivity contribution in [1.29, 1.82) is 0 Å². The first kappa shape index (κ1) is 13.0. The molecular weight excluding hydrogens is 300 g/mol. The van der Waals surface area contributed by atoms with Gasteiger partial charge in [0.25, 0.3) is 10.1 Å². The van der Waals surface area contributed by atoms with Crippen LogP contribution in [0.2, 0.25) is 0 Å². The van der Waals surface area contributed by atoms with Gasteiger partial charge in [-0.05, 0) is 66.6 Å². The first-order chi connectivity index (χ1) is 10.5. The Kier molecular flexibility index (Phi) is 2.24. The van der Waals surface area contributed by atoms with Gasteiger partial charge in [-0.2, -0.15) is 8.42 Å². The lowest BCUT2D eigenvalue weighted by Crippen LogP contribution is -2.47. The minimum absolute atomic E-state index is 0.0863. The Hall–Kier alpha value is -0.390. The van der Waals surface area contributed by atoms with Crippen LogP contribution < -0.4 is 0 Å². The molecule has 0 spiro atoms. The maximum absolute atomic E-state index is 11.5. The molecule has 6 rings (SSSR count). The van der Waals surface area contributed by atoms with Gasteiger partial charge in [0.2, 0.25) is 0 Å². The molecule has 6 aliphatic rings. The average Bonchev–Trinajstić information content (AvgIpc) is 3.22. The van der Waals surface area contributed by atoms with Gasteiger partial charge in [0.05, 0.1) is 24.6 Å². The van der Waals surface area contributed by atoms with Crippen molar-refractivity contribution in [2.24, 2.45) is 47.3 Å². The van der Waals surface area contributed by atoms with E-state index in [0.717, 1.165) is 30.6 Å². The van der Waals surface area contributed by atoms with E-state index in [1.807, 2.05) is 0 Å². The maximum atomic E-state index is 11.5. The summed E-state index contributed by atoms with van der Waals surface area (Å²) in [6.07, 6.45) is 10.2. The average molecular weight is 322 g/mol. The summed E-state index contributed by atoms with van der Waals surface area (Å²) < 4.78 is 35.0. The second kappa shape index (κ2) is 3.81. The molecule has 5 fully saturated rings. The zero-order valence-electron chi connectivity index (χ0n) is 12.7. The fourth-order valence-corrected chi connectivity index (χ4v) is 8.23. The Morgan fingerprint density at radius 3 is 2.32 bits per heavy atom. The van der Waals surface area contributed by atoms with Gasteiger partial charge in [-0.25, -0.2) is 0 Å². The van der Waals surface area contributed by atoms with Crippen molar-refractivity contribution < 1.29 is 17.3 Å². The van der Waals surface area contributed by atoms with Gasteiger partial charge < -0.3 is 4.74 Å². The normalized spacial score (nSPS) is 62.9. The summed E-state index contributed by atoms with van der Waals surface area (Å²) in [7, 11) is -3.35. The van der Waals surface area contributed by atoms with Crippen LogP contribution in [0.4, 0.5) is 0 Å². The van der Waals surface area contributed by atoms with Gasteiger partial charge in [-0.1, -0.05) is 12.2 Å². The number of ether oxygens (including phenoxy) is 1. The van der Waals surface area contributed by atoms with Crippen LogP contribution in [0.25, 0.3) is 0 Å². The topological polar surface area (TPSA) is 52.6 Å². The van der Waals surface area contributed by atoms with E-state index in [4.69, 9.17) is 8.92 Å². The van der Waals surface area contributed by atoms with Crippen molar-refractivity contribution >= 4 is 10.1 Å². The minimum Gasteiger partial charge on any atom is -0.374 e. The number of fused-ring (bicyclic) bond motifs is 16. The quantitative estimate of drug-likeness (QED) is 0.575. The van der Waals surface area contributed by atoms with Crippen LogP contribution >= 0.6 is 0 Å². The van der Waals surface area contributed by atoms with Crippen molar-refractivity contribution in [3.63, 3.8) is 0 Å². The third-order valence-electron chi connectivity index (χ3n) is 7.78. The minimum atomic E-state index is -3.35. The largest absolute Gasteiger partial charge is 0.374 e. The first-order valence-electron chi connectivity index (χ1n) is 8.73. The lowest BCUT2D eigenvalue weighted by atomic mass is 9.60. The summed E-state index contributed by atoms with van der Waals surface area (Å²) in [6, 6.07) is 0. The van der Waals surface area contributed by atoms with E-state index < -0.39 is 10.1 Å². The number of rotatable bonds is 2. The molecule has 2 aliphatic heterocycles. The molecular formula is C17H22O4S. The molecule has 11 unspecified atom stereocenters. The molecule has 2 saturated heterocycles. The van der Waals surface area contributed by atoms with E-state index in [2.05, 4.69) is 12.2 Å². The summed E-state index contributed by atoms with van der Waals surface area (Å²) in [5.74, 6) is 5.22. The van der Waals surface area contributed by atoms with E-state index in [9.17, 15) is 8.42 Å². The second-order valence-electron chi connectivity index (χ2n) is 8.56. The molecule has 0 aromatic rings. The highest BCUT2D eigenvalue weighted by molar-refractivity contribution is 7.86. The standard InChI is InChI=1S/C17H22O4S/c1-22(18,19)21-11-6-9-5-10(11)15-14(9)16-12-7-2-3-8(4-7)13(12)17(15)20-16/h2-3,7-17H,4-6H2,1H3. The van der Waals surface area contributed by atoms with Crippen LogP contribution in [-0.4, -0.2) is 33.0 Å². The third kappa shape index (κ3) is 1.40. The molecule has 0 N–H and O–H groups in total. The van der Waals surface area contributed by atoms with Crippen LogP contribution in [0, 0.1) is 47.3 Å². The fraction of sp³-hybridized carbons (Fsp3) is 0.882. The summed E-state index contributed by atoms with van der Waals surface area (Å²) in [6.45, 7) is 0. The SMILES string of the molecule is CS(=O)(=O)OC1CC2CC1C1C3OC(C4C5C=CC(C5)C34)C21. The highest BCUT2D eigenvalue weighted by Crippen LogP contribution is 2.71. The molecule has 6 bridgehead atoms. The maximum Gasteiger partial charge on any atom is 0.264 e. The molecule has 0 aromatic heterocycles. The monoisotopic (exact) mass is 322 g/mol. The van der Waals surface area contributed by atoms with Crippen LogP contribution in [0.1, 0.15) is 19.3 Å². The van der Waals surface area contributed by atoms with E-state index in [1.54, 1.807) is 0 Å². The fourth-order valence-electron chi connectivity index (χ4n) is 7.56. The van der Waals surface area contributed by atoms with Crippen LogP contribution in [0.5, 0.6) is 0 Å². The Bertz CT molecular complexity index is 670. The smallest absolute Gasteiger partial charge is 0.264 e. The molecule has 120 valence electrons. The van der Waals surface area contributed by atoms with E-state index >= 15 is 0 Å². The van der Waals surface area contributed by atoms with Crippen molar-refractivity contribution in [1.82, 2.24) is 0 Å². The molecule has 2 heterocycles. The molecule has 11 atom stereocenters. The number of allylic oxidation sites excluding steroid dienone is 2. The number of hydrogen-bond acceptors (Lipinski definition) is 4. The molecule has 3 saturated carbocycles. The van der Waals surface area contributed by atoms with E-state index in [1.165, 1.54) is 12.7 Å². The van der Waals surface area contributed by atoms with Gasteiger partial charge >= 0.3 is 0 Å². The molecule has 4 nitrogen and oxygen atoms in total. The predicted octanol–water partition coefficient (Wildman–Crippen LogP) is 1.82. The molecule has 5 heteroatoms. The predicted molar refractivity (Wildman–Crippen MR) is 79.3 cm³/mol. The zero-order valence-corrected chi connectivity index (χ0v) is 13.5. The summed E-state index contributed by atoms with van der Waals surface area (Å²) in [4.78, 5) is 0.